The fraction of sp³-hybridized carbons (Fsp3) is 0.286. The second-order valence-corrected chi connectivity index (χ2v) is 4.76. The van der Waals surface area contributed by atoms with Gasteiger partial charge in [0.2, 0.25) is 22.9 Å². The van der Waals surface area contributed by atoms with E-state index in [-0.39, 0.29) is 5.56 Å². The van der Waals surface area contributed by atoms with Gasteiger partial charge in [-0.1, -0.05) is 30.3 Å². The molecule has 0 unspecified atom stereocenters. The van der Waals surface area contributed by atoms with Crippen LogP contribution in [0.4, 0.5) is 17.6 Å². The van der Waals surface area contributed by atoms with Crippen molar-refractivity contribution in [3.05, 3.63) is 47.5 Å². The predicted molar refractivity (Wildman–Crippen MR) is 60.7 cm³/mol. The molecule has 1 fully saturated rings. The van der Waals surface area contributed by atoms with Crippen molar-refractivity contribution in [3.8, 4) is 0 Å². The van der Waals surface area contributed by atoms with Crippen molar-refractivity contribution in [2.45, 2.75) is 23.7 Å². The number of Topliss-reactive ketones (excluding diaryl/α,β-unsaturated/α-hetero) is 2. The summed E-state index contributed by atoms with van der Waals surface area (Å²) in [5, 5.41) is 0. The van der Waals surface area contributed by atoms with E-state index in [9.17, 15) is 27.2 Å². The lowest BCUT2D eigenvalue weighted by molar-refractivity contribution is -0.159. The minimum Gasteiger partial charge on any atom is -0.287 e. The highest BCUT2D eigenvalue weighted by Crippen LogP contribution is 2.57. The van der Waals surface area contributed by atoms with Crippen LogP contribution >= 0.6 is 0 Å². The molecule has 0 N–H and O–H groups in total. The van der Waals surface area contributed by atoms with E-state index >= 15 is 0 Å². The number of ketones is 2. The molecule has 6 heteroatoms. The first-order chi connectivity index (χ1) is 9.77. The Hall–Kier alpha value is -1.98. The molecule has 4 atom stereocenters. The zero-order chi connectivity index (χ0) is 15.6. The standard InChI is InChI=1S/C14H8F4O2/c15-9-10(16)14(18)8(7-4-2-1-3-5-7)6-13(9,17)11(19)12(14)20/h1-5,8H,6H2/t8-,13-,14+/m1/s1/i6D/t6-,8+,13+,14-/m0. The van der Waals surface area contributed by atoms with Crippen LogP contribution in [0.3, 0.4) is 0 Å². The Bertz CT molecular complexity index is 689. The van der Waals surface area contributed by atoms with Crippen LogP contribution in [0.1, 0.15) is 19.2 Å². The van der Waals surface area contributed by atoms with Gasteiger partial charge in [-0.25, -0.2) is 17.6 Å². The summed E-state index contributed by atoms with van der Waals surface area (Å²) >= 11 is 0. The summed E-state index contributed by atoms with van der Waals surface area (Å²) < 4.78 is 64.6. The summed E-state index contributed by atoms with van der Waals surface area (Å²) in [6.45, 7) is 0. The van der Waals surface area contributed by atoms with Crippen LogP contribution in [-0.2, 0) is 9.59 Å². The molecule has 2 nitrogen and oxygen atoms in total. The lowest BCUT2D eigenvalue weighted by Gasteiger charge is -2.44. The van der Waals surface area contributed by atoms with Gasteiger partial charge in [0.25, 0.3) is 0 Å². The molecule has 0 aromatic heterocycles. The number of carbonyl (C=O) groups excluding carboxylic acids is 2. The van der Waals surface area contributed by atoms with Crippen LogP contribution in [0.15, 0.2) is 42.0 Å². The van der Waals surface area contributed by atoms with E-state index in [1.165, 1.54) is 24.3 Å². The Morgan fingerprint density at radius 1 is 1.05 bits per heavy atom. The van der Waals surface area contributed by atoms with E-state index < -0.39 is 46.9 Å². The predicted octanol–water partition coefficient (Wildman–Crippen LogP) is 2.89. The molecule has 3 aliphatic rings. The highest BCUT2D eigenvalue weighted by atomic mass is 19.2. The lowest BCUT2D eigenvalue weighted by atomic mass is 9.61. The molecule has 4 rings (SSSR count). The summed E-state index contributed by atoms with van der Waals surface area (Å²) in [5.74, 6) is -10.5. The minimum absolute atomic E-state index is 0.0504. The molecule has 0 saturated heterocycles. The highest BCUT2D eigenvalue weighted by molar-refractivity contribution is 6.46. The molecule has 3 aliphatic carbocycles. The maximum Gasteiger partial charge on any atom is 0.247 e. The van der Waals surface area contributed by atoms with E-state index in [0.717, 1.165) is 0 Å². The highest BCUT2D eigenvalue weighted by Gasteiger charge is 2.72. The number of alkyl halides is 2. The SMILES string of the molecule is [2H][C@H]1[C@H](c2ccccc2)[C@@]2(F)C(=O)C(=O)[C@]1(F)C(F)=C2F. The molecular formula is C14H8F4O2. The largest absolute Gasteiger partial charge is 0.287 e. The number of fused-ring (bicyclic) bond motifs is 2. The third-order valence-corrected chi connectivity index (χ3v) is 3.68. The molecule has 0 spiro atoms. The van der Waals surface area contributed by atoms with Crippen LogP contribution in [0.2, 0.25) is 0 Å². The number of rotatable bonds is 1. The fourth-order valence-corrected chi connectivity index (χ4v) is 2.61. The topological polar surface area (TPSA) is 34.1 Å². The first-order valence-corrected chi connectivity index (χ1v) is 5.77. The van der Waals surface area contributed by atoms with Crippen LogP contribution in [0, 0.1) is 0 Å². The van der Waals surface area contributed by atoms with Gasteiger partial charge in [-0.15, -0.1) is 0 Å². The van der Waals surface area contributed by atoms with E-state index in [2.05, 4.69) is 0 Å². The van der Waals surface area contributed by atoms with E-state index in [1.807, 2.05) is 0 Å². The second kappa shape index (κ2) is 3.77. The summed E-state index contributed by atoms with van der Waals surface area (Å²) in [7, 11) is 0. The molecular weight excluding hydrogens is 276 g/mol. The first kappa shape index (κ1) is 11.8. The minimum atomic E-state index is -3.77. The van der Waals surface area contributed by atoms with Gasteiger partial charge in [0.1, 0.15) is 0 Å². The Morgan fingerprint density at radius 2 is 1.65 bits per heavy atom. The normalized spacial score (nSPS) is 41.1. The number of hydrogen-bond acceptors (Lipinski definition) is 2. The molecule has 0 aliphatic heterocycles. The van der Waals surface area contributed by atoms with Crippen molar-refractivity contribution in [3.63, 3.8) is 0 Å². The number of benzene rings is 1. The molecule has 104 valence electrons. The van der Waals surface area contributed by atoms with Crippen molar-refractivity contribution in [1.29, 1.82) is 0 Å². The van der Waals surface area contributed by atoms with Crippen LogP contribution in [-0.4, -0.2) is 22.9 Å². The maximum absolute atomic E-state index is 14.9. The quantitative estimate of drug-likeness (QED) is 0.587. The average molecular weight is 285 g/mol. The molecule has 1 aromatic carbocycles. The van der Waals surface area contributed by atoms with Gasteiger partial charge in [-0.3, -0.25) is 9.59 Å². The smallest absolute Gasteiger partial charge is 0.247 e. The number of hydrogen-bond donors (Lipinski definition) is 0. The van der Waals surface area contributed by atoms with Crippen LogP contribution < -0.4 is 0 Å². The zero-order valence-electron chi connectivity index (χ0n) is 10.9. The van der Waals surface area contributed by atoms with Crippen LogP contribution in [0.5, 0.6) is 0 Å². The average Bonchev–Trinajstić information content (AvgIpc) is 2.49. The zero-order valence-corrected chi connectivity index (χ0v) is 9.87. The van der Waals surface area contributed by atoms with E-state index in [4.69, 9.17) is 1.37 Å². The molecule has 2 bridgehead atoms. The Kier molecular flexibility index (Phi) is 2.23. The van der Waals surface area contributed by atoms with Crippen molar-refractivity contribution in [1.82, 2.24) is 0 Å². The van der Waals surface area contributed by atoms with Gasteiger partial charge in [0.05, 0.1) is 0 Å². The van der Waals surface area contributed by atoms with Crippen molar-refractivity contribution in [2.75, 3.05) is 0 Å². The van der Waals surface area contributed by atoms with Gasteiger partial charge in [-0.2, -0.15) is 0 Å². The van der Waals surface area contributed by atoms with E-state index in [0.29, 0.717) is 0 Å². The molecule has 0 amide bonds. The van der Waals surface area contributed by atoms with Crippen LogP contribution in [0.25, 0.3) is 0 Å². The van der Waals surface area contributed by atoms with E-state index in [1.54, 1.807) is 6.07 Å². The maximum atomic E-state index is 14.9. The molecule has 1 aromatic rings. The van der Waals surface area contributed by atoms with Gasteiger partial charge in [0.15, 0.2) is 11.7 Å². The molecule has 0 radical (unpaired) electrons. The summed E-state index contributed by atoms with van der Waals surface area (Å²) in [5.41, 5.74) is -7.48. The molecule has 0 heterocycles. The Balaban J connectivity index is 2.32. The number of allylic oxidation sites excluding steroid dienone is 2. The van der Waals surface area contributed by atoms with Gasteiger partial charge in [-0.05, 0) is 5.56 Å². The second-order valence-electron chi connectivity index (χ2n) is 4.76. The monoisotopic (exact) mass is 285 g/mol. The molecule has 1 saturated carbocycles. The first-order valence-electron chi connectivity index (χ1n) is 6.35. The molecule has 20 heavy (non-hydrogen) atoms. The van der Waals surface area contributed by atoms with Gasteiger partial charge in [0, 0.05) is 13.7 Å². The third kappa shape index (κ3) is 1.29. The van der Waals surface area contributed by atoms with Gasteiger partial charge < -0.3 is 0 Å². The van der Waals surface area contributed by atoms with Crippen molar-refractivity contribution < 1.29 is 28.5 Å². The summed E-state index contributed by atoms with van der Waals surface area (Å²) in [6, 6.07) is 6.91. The number of halogens is 4. The fourth-order valence-electron chi connectivity index (χ4n) is 2.61. The van der Waals surface area contributed by atoms with Crippen molar-refractivity contribution >= 4 is 11.6 Å². The van der Waals surface area contributed by atoms with Gasteiger partial charge >= 0.3 is 0 Å². The Labute approximate surface area is 112 Å². The summed E-state index contributed by atoms with van der Waals surface area (Å²) in [4.78, 5) is 23.2. The van der Waals surface area contributed by atoms with Crippen molar-refractivity contribution in [2.24, 2.45) is 0 Å². The Morgan fingerprint density at radius 3 is 2.25 bits per heavy atom. The number of carbonyl (C=O) groups is 2. The lowest BCUT2D eigenvalue weighted by Crippen LogP contribution is -2.63. The summed E-state index contributed by atoms with van der Waals surface area (Å²) in [6.07, 6.45) is -2.28. The third-order valence-electron chi connectivity index (χ3n) is 3.68.